The molecule has 0 bridgehead atoms. The molecule has 3 N–H and O–H groups in total. The summed E-state index contributed by atoms with van der Waals surface area (Å²) in [4.78, 5) is 36.6. The maximum Gasteiger partial charge on any atom is 0.341 e. The molecule has 25 heavy (non-hydrogen) atoms. The zero-order valence-electron chi connectivity index (χ0n) is 13.9. The third kappa shape index (κ3) is 3.02. The van der Waals surface area contributed by atoms with Gasteiger partial charge in [0.1, 0.15) is 5.00 Å². The molecule has 1 aliphatic rings. The summed E-state index contributed by atoms with van der Waals surface area (Å²) in [6.07, 6.45) is 1.56. The van der Waals surface area contributed by atoms with E-state index in [9.17, 15) is 14.4 Å². The fraction of sp³-hybridized carbons (Fsp3) is 0.278. The van der Waals surface area contributed by atoms with Gasteiger partial charge in [-0.2, -0.15) is 0 Å². The predicted molar refractivity (Wildman–Crippen MR) is 95.0 cm³/mol. The number of nitrogens with one attached hydrogen (secondary N) is 1. The van der Waals surface area contributed by atoms with Crippen LogP contribution in [0, 0.1) is 6.92 Å². The molecular weight excluding hydrogens is 340 g/mol. The van der Waals surface area contributed by atoms with Gasteiger partial charge in [0.2, 0.25) is 5.91 Å². The first-order chi connectivity index (χ1) is 11.9. The summed E-state index contributed by atoms with van der Waals surface area (Å²) < 4.78 is 4.78. The molecule has 0 radical (unpaired) electrons. The first kappa shape index (κ1) is 17.2. The van der Waals surface area contributed by atoms with Crippen LogP contribution in [0.3, 0.4) is 0 Å². The molecule has 1 atom stereocenters. The van der Waals surface area contributed by atoms with Crippen LogP contribution in [0.4, 0.5) is 5.00 Å². The van der Waals surface area contributed by atoms with Crippen molar-refractivity contribution < 1.29 is 19.1 Å². The Kier molecular flexibility index (Phi) is 4.59. The monoisotopic (exact) mass is 358 g/mol. The maximum atomic E-state index is 12.8. The summed E-state index contributed by atoms with van der Waals surface area (Å²) in [6, 6.07) is 7.83. The lowest BCUT2D eigenvalue weighted by Crippen LogP contribution is -2.20. The second-order valence-electron chi connectivity index (χ2n) is 5.90. The Morgan fingerprint density at radius 1 is 1.28 bits per heavy atom. The van der Waals surface area contributed by atoms with Crippen molar-refractivity contribution in [1.29, 1.82) is 0 Å². The van der Waals surface area contributed by atoms with Crippen molar-refractivity contribution in [3.8, 4) is 0 Å². The topological polar surface area (TPSA) is 98.5 Å². The Labute approximate surface area is 149 Å². The number of nitrogens with two attached hydrogens (primary N) is 1. The van der Waals surface area contributed by atoms with Gasteiger partial charge in [0.15, 0.2) is 0 Å². The highest BCUT2D eigenvalue weighted by molar-refractivity contribution is 7.18. The van der Waals surface area contributed by atoms with Crippen LogP contribution < -0.4 is 11.1 Å². The quantitative estimate of drug-likeness (QED) is 0.821. The van der Waals surface area contributed by atoms with Crippen molar-refractivity contribution in [3.05, 3.63) is 51.4 Å². The van der Waals surface area contributed by atoms with Crippen molar-refractivity contribution in [3.63, 3.8) is 0 Å². The molecule has 2 amide bonds. The predicted octanol–water partition coefficient (Wildman–Crippen LogP) is 2.61. The molecule has 0 saturated carbocycles. The summed E-state index contributed by atoms with van der Waals surface area (Å²) in [5.41, 5.74) is 8.13. The molecule has 6 nitrogen and oxygen atoms in total. The van der Waals surface area contributed by atoms with E-state index in [1.165, 1.54) is 7.11 Å². The molecule has 3 rings (SSSR count). The Balaban J connectivity index is 1.93. The SMILES string of the molecule is COC(=O)c1c(NC(=O)C2CCc3ccccc32)sc(C(N)=O)c1C. The summed E-state index contributed by atoms with van der Waals surface area (Å²) in [7, 11) is 1.25. The fourth-order valence-electron chi connectivity index (χ4n) is 3.21. The van der Waals surface area contributed by atoms with Crippen LogP contribution in [0.25, 0.3) is 0 Å². The molecule has 1 aromatic carbocycles. The van der Waals surface area contributed by atoms with Crippen LogP contribution in [0.15, 0.2) is 24.3 Å². The minimum atomic E-state index is -0.639. The number of primary amides is 1. The number of carbonyl (C=O) groups is 3. The van der Waals surface area contributed by atoms with Crippen LogP contribution in [-0.2, 0) is 16.0 Å². The molecule has 2 aromatic rings. The first-order valence-corrected chi connectivity index (χ1v) is 8.65. The number of benzene rings is 1. The Morgan fingerprint density at radius 3 is 2.68 bits per heavy atom. The van der Waals surface area contributed by atoms with Crippen molar-refractivity contribution in [1.82, 2.24) is 0 Å². The molecule has 0 fully saturated rings. The molecule has 1 heterocycles. The first-order valence-electron chi connectivity index (χ1n) is 7.84. The van der Waals surface area contributed by atoms with Gasteiger partial charge in [0.25, 0.3) is 5.91 Å². The van der Waals surface area contributed by atoms with E-state index in [-0.39, 0.29) is 22.3 Å². The van der Waals surface area contributed by atoms with E-state index in [1.807, 2.05) is 24.3 Å². The Morgan fingerprint density at radius 2 is 2.00 bits per heavy atom. The van der Waals surface area contributed by atoms with E-state index in [0.717, 1.165) is 28.9 Å². The zero-order chi connectivity index (χ0) is 18.1. The zero-order valence-corrected chi connectivity index (χ0v) is 14.7. The minimum Gasteiger partial charge on any atom is -0.465 e. The Hall–Kier alpha value is -2.67. The molecule has 0 saturated heterocycles. The van der Waals surface area contributed by atoms with Gasteiger partial charge in [-0.1, -0.05) is 24.3 Å². The number of ether oxygens (including phenoxy) is 1. The number of fused-ring (bicyclic) bond motifs is 1. The van der Waals surface area contributed by atoms with Crippen LogP contribution in [0.1, 0.15) is 49.1 Å². The van der Waals surface area contributed by atoms with Gasteiger partial charge in [-0.3, -0.25) is 9.59 Å². The van der Waals surface area contributed by atoms with Crippen molar-refractivity contribution in [2.24, 2.45) is 5.73 Å². The van der Waals surface area contributed by atoms with Crippen molar-refractivity contribution >= 4 is 34.1 Å². The van der Waals surface area contributed by atoms with Gasteiger partial charge in [-0.05, 0) is 36.5 Å². The van der Waals surface area contributed by atoms with Crippen LogP contribution >= 0.6 is 11.3 Å². The molecule has 1 aliphatic carbocycles. The van der Waals surface area contributed by atoms with Gasteiger partial charge >= 0.3 is 5.97 Å². The van der Waals surface area contributed by atoms with Crippen molar-refractivity contribution in [2.75, 3.05) is 12.4 Å². The smallest absolute Gasteiger partial charge is 0.341 e. The highest BCUT2D eigenvalue weighted by Gasteiger charge is 2.31. The van der Waals surface area contributed by atoms with Crippen molar-refractivity contribution in [2.45, 2.75) is 25.7 Å². The van der Waals surface area contributed by atoms with Gasteiger partial charge in [0.05, 0.1) is 23.5 Å². The van der Waals surface area contributed by atoms with Crippen LogP contribution in [0.5, 0.6) is 0 Å². The third-order valence-corrected chi connectivity index (χ3v) is 5.67. The second-order valence-corrected chi connectivity index (χ2v) is 6.92. The molecular formula is C18H18N2O4S. The van der Waals surface area contributed by atoms with E-state index in [2.05, 4.69) is 5.32 Å². The summed E-state index contributed by atoms with van der Waals surface area (Å²) >= 11 is 0.999. The number of rotatable bonds is 4. The third-order valence-electron chi connectivity index (χ3n) is 4.45. The normalized spacial score (nSPS) is 15.5. The number of carbonyl (C=O) groups excluding carboxylic acids is 3. The number of hydrogen-bond acceptors (Lipinski definition) is 5. The number of esters is 1. The summed E-state index contributed by atoms with van der Waals surface area (Å²) in [5.74, 6) is -1.73. The highest BCUT2D eigenvalue weighted by Crippen LogP contribution is 2.37. The molecule has 0 aliphatic heterocycles. The van der Waals surface area contributed by atoms with E-state index in [0.29, 0.717) is 17.0 Å². The lowest BCUT2D eigenvalue weighted by Gasteiger charge is -2.12. The fourth-order valence-corrected chi connectivity index (χ4v) is 4.26. The van der Waals surface area contributed by atoms with Crippen LogP contribution in [0.2, 0.25) is 0 Å². The second kappa shape index (κ2) is 6.68. The lowest BCUT2D eigenvalue weighted by molar-refractivity contribution is -0.117. The molecule has 0 spiro atoms. The minimum absolute atomic E-state index is 0.181. The van der Waals surface area contributed by atoms with E-state index < -0.39 is 11.9 Å². The van der Waals surface area contributed by atoms with E-state index in [1.54, 1.807) is 6.92 Å². The standard InChI is InChI=1S/C18H18N2O4S/c1-9-13(18(23)24-2)17(25-14(9)15(19)21)20-16(22)12-8-7-10-5-3-4-6-11(10)12/h3-6,12H,7-8H2,1-2H3,(H2,19,21)(H,20,22). The van der Waals surface area contributed by atoms with Gasteiger partial charge in [-0.25, -0.2) is 4.79 Å². The summed E-state index contributed by atoms with van der Waals surface area (Å²) in [5, 5.41) is 3.09. The van der Waals surface area contributed by atoms with E-state index in [4.69, 9.17) is 10.5 Å². The average Bonchev–Trinajstić information content (AvgIpc) is 3.15. The lowest BCUT2D eigenvalue weighted by atomic mass is 10.0. The van der Waals surface area contributed by atoms with Gasteiger partial charge < -0.3 is 15.8 Å². The molecule has 130 valence electrons. The maximum absolute atomic E-state index is 12.8. The molecule has 7 heteroatoms. The van der Waals surface area contributed by atoms with E-state index >= 15 is 0 Å². The number of hydrogen-bond donors (Lipinski definition) is 2. The van der Waals surface area contributed by atoms with Gasteiger partial charge in [-0.15, -0.1) is 11.3 Å². The number of methoxy groups -OCH3 is 1. The number of amides is 2. The summed E-state index contributed by atoms with van der Waals surface area (Å²) in [6.45, 7) is 1.61. The molecule has 1 unspecified atom stereocenters. The molecule has 1 aromatic heterocycles. The van der Waals surface area contributed by atoms with Crippen LogP contribution in [-0.4, -0.2) is 24.9 Å². The number of aryl methyl sites for hydroxylation is 1. The number of anilines is 1. The Bertz CT molecular complexity index is 872. The number of thiophene rings is 1. The highest BCUT2D eigenvalue weighted by atomic mass is 32.1. The average molecular weight is 358 g/mol. The largest absolute Gasteiger partial charge is 0.465 e. The van der Waals surface area contributed by atoms with Gasteiger partial charge in [0, 0.05) is 0 Å².